The predicted octanol–water partition coefficient (Wildman–Crippen LogP) is 1.81. The maximum Gasteiger partial charge on any atom is 0.226 e. The highest BCUT2D eigenvalue weighted by Crippen LogP contribution is 2.28. The van der Waals surface area contributed by atoms with E-state index in [1.807, 2.05) is 4.90 Å². The maximum absolute atomic E-state index is 12.2. The number of carbonyl (C=O) groups is 1. The van der Waals surface area contributed by atoms with E-state index in [4.69, 9.17) is 4.74 Å². The molecule has 3 nitrogen and oxygen atoms in total. The van der Waals surface area contributed by atoms with E-state index in [2.05, 4.69) is 13.8 Å². The Bertz CT molecular complexity index is 236. The molecular weight excluding hydrogens is 190 g/mol. The van der Waals surface area contributed by atoms with E-state index in [9.17, 15) is 4.79 Å². The molecule has 3 heteroatoms. The highest BCUT2D eigenvalue weighted by Gasteiger charge is 2.33. The third-order valence-corrected chi connectivity index (χ3v) is 3.87. The van der Waals surface area contributed by atoms with Gasteiger partial charge in [0.15, 0.2) is 0 Å². The Morgan fingerprint density at radius 2 is 1.93 bits per heavy atom. The molecule has 0 bridgehead atoms. The zero-order chi connectivity index (χ0) is 10.8. The van der Waals surface area contributed by atoms with Crippen LogP contribution < -0.4 is 0 Å². The van der Waals surface area contributed by atoms with Crippen LogP contribution in [0.5, 0.6) is 0 Å². The first kappa shape index (κ1) is 10.9. The van der Waals surface area contributed by atoms with Crippen molar-refractivity contribution in [1.82, 2.24) is 4.90 Å². The van der Waals surface area contributed by atoms with Crippen LogP contribution in [-0.4, -0.2) is 36.1 Å². The molecule has 0 aromatic rings. The molecule has 1 saturated carbocycles. The lowest BCUT2D eigenvalue weighted by Gasteiger charge is -2.39. The molecule has 0 N–H and O–H groups in total. The van der Waals surface area contributed by atoms with Crippen LogP contribution in [0.15, 0.2) is 0 Å². The molecule has 1 aliphatic heterocycles. The second-order valence-electron chi connectivity index (χ2n) is 4.83. The average molecular weight is 211 g/mol. The number of nitrogens with zero attached hydrogens (tertiary/aromatic N) is 1. The molecule has 2 rings (SSSR count). The SMILES string of the molecule is CC1OCCN(C(=O)C2CCCC2)C1C. The van der Waals surface area contributed by atoms with Crippen molar-refractivity contribution in [1.29, 1.82) is 0 Å². The Morgan fingerprint density at radius 3 is 2.60 bits per heavy atom. The van der Waals surface area contributed by atoms with Crippen molar-refractivity contribution >= 4 is 5.91 Å². The molecule has 0 radical (unpaired) electrons. The summed E-state index contributed by atoms with van der Waals surface area (Å²) in [5.41, 5.74) is 0. The fraction of sp³-hybridized carbons (Fsp3) is 0.917. The van der Waals surface area contributed by atoms with Gasteiger partial charge >= 0.3 is 0 Å². The minimum atomic E-state index is 0.184. The van der Waals surface area contributed by atoms with Gasteiger partial charge < -0.3 is 9.64 Å². The van der Waals surface area contributed by atoms with E-state index >= 15 is 0 Å². The fourth-order valence-corrected chi connectivity index (χ4v) is 2.65. The zero-order valence-corrected chi connectivity index (χ0v) is 9.74. The molecule has 1 heterocycles. The lowest BCUT2D eigenvalue weighted by molar-refractivity contribution is -0.148. The summed E-state index contributed by atoms with van der Waals surface area (Å²) in [6.45, 7) is 5.63. The fourth-order valence-electron chi connectivity index (χ4n) is 2.65. The summed E-state index contributed by atoms with van der Waals surface area (Å²) in [7, 11) is 0. The van der Waals surface area contributed by atoms with Gasteiger partial charge in [-0.1, -0.05) is 12.8 Å². The highest BCUT2D eigenvalue weighted by atomic mass is 16.5. The van der Waals surface area contributed by atoms with Crippen LogP contribution in [0.1, 0.15) is 39.5 Å². The summed E-state index contributed by atoms with van der Waals surface area (Å²) in [4.78, 5) is 14.3. The molecule has 0 aromatic carbocycles. The number of ether oxygens (including phenoxy) is 1. The van der Waals surface area contributed by atoms with Gasteiger partial charge in [0, 0.05) is 12.5 Å². The summed E-state index contributed by atoms with van der Waals surface area (Å²) < 4.78 is 5.54. The van der Waals surface area contributed by atoms with Crippen LogP contribution in [0.4, 0.5) is 0 Å². The Balaban J connectivity index is 1.98. The average Bonchev–Trinajstić information content (AvgIpc) is 2.74. The van der Waals surface area contributed by atoms with Crippen molar-refractivity contribution in [2.45, 2.75) is 51.7 Å². The molecule has 86 valence electrons. The van der Waals surface area contributed by atoms with Gasteiger partial charge in [0.25, 0.3) is 0 Å². The topological polar surface area (TPSA) is 29.5 Å². The molecule has 15 heavy (non-hydrogen) atoms. The molecule has 2 unspecified atom stereocenters. The van der Waals surface area contributed by atoms with Crippen molar-refractivity contribution in [3.8, 4) is 0 Å². The summed E-state index contributed by atoms with van der Waals surface area (Å²) >= 11 is 0. The normalized spacial score (nSPS) is 33.3. The predicted molar refractivity (Wildman–Crippen MR) is 58.5 cm³/mol. The van der Waals surface area contributed by atoms with E-state index < -0.39 is 0 Å². The second kappa shape index (κ2) is 4.52. The van der Waals surface area contributed by atoms with Crippen molar-refractivity contribution in [3.63, 3.8) is 0 Å². The van der Waals surface area contributed by atoms with Gasteiger partial charge in [-0.2, -0.15) is 0 Å². The molecule has 1 amide bonds. The monoisotopic (exact) mass is 211 g/mol. The lowest BCUT2D eigenvalue weighted by Crippen LogP contribution is -2.52. The maximum atomic E-state index is 12.2. The minimum absolute atomic E-state index is 0.184. The van der Waals surface area contributed by atoms with Gasteiger partial charge in [-0.05, 0) is 26.7 Å². The molecule has 2 fully saturated rings. The Labute approximate surface area is 91.8 Å². The molecule has 0 aromatic heterocycles. The Morgan fingerprint density at radius 1 is 1.27 bits per heavy atom. The van der Waals surface area contributed by atoms with Gasteiger partial charge in [-0.15, -0.1) is 0 Å². The third kappa shape index (κ3) is 2.17. The number of rotatable bonds is 1. The number of amides is 1. The van der Waals surface area contributed by atoms with Crippen LogP contribution in [-0.2, 0) is 9.53 Å². The summed E-state index contributed by atoms with van der Waals surface area (Å²) in [5, 5.41) is 0. The summed E-state index contributed by atoms with van der Waals surface area (Å²) in [5.74, 6) is 0.674. The zero-order valence-electron chi connectivity index (χ0n) is 9.74. The van der Waals surface area contributed by atoms with Crippen LogP contribution in [0.2, 0.25) is 0 Å². The van der Waals surface area contributed by atoms with E-state index in [1.165, 1.54) is 12.8 Å². The quantitative estimate of drug-likeness (QED) is 0.662. The van der Waals surface area contributed by atoms with Gasteiger partial charge in [0.2, 0.25) is 5.91 Å². The Kier molecular flexibility index (Phi) is 3.29. The van der Waals surface area contributed by atoms with Crippen molar-refractivity contribution in [3.05, 3.63) is 0 Å². The van der Waals surface area contributed by atoms with Crippen LogP contribution >= 0.6 is 0 Å². The van der Waals surface area contributed by atoms with E-state index in [0.29, 0.717) is 18.4 Å². The van der Waals surface area contributed by atoms with Crippen molar-refractivity contribution < 1.29 is 9.53 Å². The van der Waals surface area contributed by atoms with Crippen LogP contribution in [0, 0.1) is 5.92 Å². The molecule has 2 atom stereocenters. The summed E-state index contributed by atoms with van der Waals surface area (Å²) in [6.07, 6.45) is 4.83. The van der Waals surface area contributed by atoms with E-state index in [0.717, 1.165) is 19.4 Å². The molecular formula is C12H21NO2. The van der Waals surface area contributed by atoms with Crippen LogP contribution in [0.3, 0.4) is 0 Å². The van der Waals surface area contributed by atoms with Crippen molar-refractivity contribution in [2.75, 3.05) is 13.2 Å². The first-order valence-corrected chi connectivity index (χ1v) is 6.12. The smallest absolute Gasteiger partial charge is 0.226 e. The van der Waals surface area contributed by atoms with Gasteiger partial charge in [-0.3, -0.25) is 4.79 Å². The second-order valence-corrected chi connectivity index (χ2v) is 4.83. The highest BCUT2D eigenvalue weighted by molar-refractivity contribution is 5.79. The number of morpholine rings is 1. The number of carbonyl (C=O) groups excluding carboxylic acids is 1. The third-order valence-electron chi connectivity index (χ3n) is 3.87. The standard InChI is InChI=1S/C12H21NO2/c1-9-10(2)15-8-7-13(9)12(14)11-5-3-4-6-11/h9-11H,3-8H2,1-2H3. The first-order chi connectivity index (χ1) is 7.20. The Hall–Kier alpha value is -0.570. The van der Waals surface area contributed by atoms with E-state index in [1.54, 1.807) is 0 Å². The largest absolute Gasteiger partial charge is 0.375 e. The first-order valence-electron chi connectivity index (χ1n) is 6.12. The molecule has 1 aliphatic carbocycles. The van der Waals surface area contributed by atoms with Crippen molar-refractivity contribution in [2.24, 2.45) is 5.92 Å². The van der Waals surface area contributed by atoms with Gasteiger partial charge in [0.1, 0.15) is 0 Å². The number of hydrogen-bond acceptors (Lipinski definition) is 2. The van der Waals surface area contributed by atoms with Crippen LogP contribution in [0.25, 0.3) is 0 Å². The molecule has 1 saturated heterocycles. The number of hydrogen-bond donors (Lipinski definition) is 0. The minimum Gasteiger partial charge on any atom is -0.375 e. The molecule has 2 aliphatic rings. The summed E-state index contributed by atoms with van der Waals surface area (Å²) in [6, 6.07) is 0.242. The van der Waals surface area contributed by atoms with Gasteiger partial charge in [0.05, 0.1) is 18.8 Å². The lowest BCUT2D eigenvalue weighted by atomic mass is 10.0. The molecule has 0 spiro atoms. The van der Waals surface area contributed by atoms with E-state index in [-0.39, 0.29) is 12.1 Å². The van der Waals surface area contributed by atoms with Gasteiger partial charge in [-0.25, -0.2) is 0 Å².